The van der Waals surface area contributed by atoms with Crippen molar-refractivity contribution in [1.29, 1.82) is 0 Å². The summed E-state index contributed by atoms with van der Waals surface area (Å²) in [6.45, 7) is 1.90. The third kappa shape index (κ3) is 4.14. The monoisotopic (exact) mass is 210 g/mol. The minimum absolute atomic E-state index is 0. The number of benzene rings is 1. The third-order valence-electron chi connectivity index (χ3n) is 0.990. The van der Waals surface area contributed by atoms with Crippen LogP contribution in [0.25, 0.3) is 0 Å². The minimum atomic E-state index is 0. The third-order valence-corrected chi connectivity index (χ3v) is 0.990. The van der Waals surface area contributed by atoms with E-state index >= 15 is 0 Å². The van der Waals surface area contributed by atoms with Crippen molar-refractivity contribution in [3.63, 3.8) is 0 Å². The molecule has 0 aliphatic carbocycles. The van der Waals surface area contributed by atoms with E-state index in [4.69, 9.17) is 0 Å². The predicted octanol–water partition coefficient (Wildman–Crippen LogP) is -2.31. The van der Waals surface area contributed by atoms with Crippen LogP contribution in [0.3, 0.4) is 0 Å². The maximum absolute atomic E-state index is 10.5. The summed E-state index contributed by atoms with van der Waals surface area (Å²) in [5.74, 6) is 0.0880. The van der Waals surface area contributed by atoms with Crippen molar-refractivity contribution < 1.29 is 22.1 Å². The van der Waals surface area contributed by atoms with Gasteiger partial charge in [0.05, 0.1) is 0 Å². The summed E-state index contributed by atoms with van der Waals surface area (Å²) in [5.41, 5.74) is 1.03. The van der Waals surface area contributed by atoms with Gasteiger partial charge in [-0.3, -0.25) is 0 Å². The van der Waals surface area contributed by atoms with E-state index in [2.05, 4.69) is 0 Å². The molecule has 3 heteroatoms. The number of rotatable bonds is 0. The summed E-state index contributed by atoms with van der Waals surface area (Å²) in [4.78, 5) is 0. The molecule has 1 aromatic rings. The zero-order valence-corrected chi connectivity index (χ0v) is 8.80. The van der Waals surface area contributed by atoms with E-state index in [1.807, 2.05) is 13.0 Å². The quantitative estimate of drug-likeness (QED) is 0.442. The summed E-state index contributed by atoms with van der Waals surface area (Å²) in [5, 5.41) is 10.5. The molecular formula is C7H7BrMgO. The molecule has 0 atom stereocenters. The van der Waals surface area contributed by atoms with Gasteiger partial charge >= 0.3 is 23.1 Å². The average molecular weight is 211 g/mol. The molecular weight excluding hydrogens is 204 g/mol. The van der Waals surface area contributed by atoms with Gasteiger partial charge in [0.15, 0.2) is 0 Å². The molecule has 0 N–H and O–H groups in total. The first-order valence-electron chi connectivity index (χ1n) is 2.53. The molecule has 0 bridgehead atoms. The zero-order valence-electron chi connectivity index (χ0n) is 5.80. The molecule has 0 aliphatic heterocycles. The SMILES string of the molecule is Cc1cccc([O-])c1.[Br-].[Mg+2]. The van der Waals surface area contributed by atoms with E-state index in [1.165, 1.54) is 0 Å². The molecule has 0 aromatic heterocycles. The van der Waals surface area contributed by atoms with Gasteiger partial charge in [0.1, 0.15) is 0 Å². The maximum Gasteiger partial charge on any atom is 2.00 e. The predicted molar refractivity (Wildman–Crippen MR) is 36.4 cm³/mol. The minimum Gasteiger partial charge on any atom is -1.00 e. The number of aryl methyl sites for hydroxylation is 1. The summed E-state index contributed by atoms with van der Waals surface area (Å²) in [7, 11) is 0. The van der Waals surface area contributed by atoms with Gasteiger partial charge in [0.25, 0.3) is 0 Å². The van der Waals surface area contributed by atoms with Crippen LogP contribution in [0.15, 0.2) is 24.3 Å². The summed E-state index contributed by atoms with van der Waals surface area (Å²) < 4.78 is 0. The molecule has 50 valence electrons. The van der Waals surface area contributed by atoms with Gasteiger partial charge in [-0.2, -0.15) is 0 Å². The zero-order chi connectivity index (χ0) is 5.98. The second-order valence-electron chi connectivity index (χ2n) is 1.82. The molecule has 0 saturated carbocycles. The van der Waals surface area contributed by atoms with Crippen molar-refractivity contribution in [3.8, 4) is 5.75 Å². The van der Waals surface area contributed by atoms with Gasteiger partial charge in [-0.05, 0) is 6.92 Å². The Morgan fingerprint density at radius 3 is 2.20 bits per heavy atom. The van der Waals surface area contributed by atoms with Crippen LogP contribution in [0.4, 0.5) is 0 Å². The maximum atomic E-state index is 10.5. The molecule has 0 aliphatic rings. The first kappa shape index (κ1) is 12.9. The second-order valence-corrected chi connectivity index (χ2v) is 1.82. The Morgan fingerprint density at radius 1 is 1.30 bits per heavy atom. The molecule has 1 nitrogen and oxygen atoms in total. The van der Waals surface area contributed by atoms with Crippen LogP contribution in [0.2, 0.25) is 0 Å². The Labute approximate surface area is 87.4 Å². The largest absolute Gasteiger partial charge is 2.00 e. The van der Waals surface area contributed by atoms with Crippen molar-refractivity contribution in [2.24, 2.45) is 0 Å². The number of halogens is 1. The summed E-state index contributed by atoms with van der Waals surface area (Å²) in [6.07, 6.45) is 0. The van der Waals surface area contributed by atoms with E-state index in [0.29, 0.717) is 0 Å². The van der Waals surface area contributed by atoms with Gasteiger partial charge in [-0.1, -0.05) is 29.8 Å². The Bertz CT molecular complexity index is 173. The van der Waals surface area contributed by atoms with Crippen LogP contribution in [-0.4, -0.2) is 23.1 Å². The van der Waals surface area contributed by atoms with Crippen molar-refractivity contribution in [2.75, 3.05) is 0 Å². The Hall–Kier alpha value is 0.266. The van der Waals surface area contributed by atoms with E-state index in [-0.39, 0.29) is 45.8 Å². The van der Waals surface area contributed by atoms with Crippen molar-refractivity contribution in [3.05, 3.63) is 29.8 Å². The fraction of sp³-hybridized carbons (Fsp3) is 0.143. The molecule has 0 amide bonds. The van der Waals surface area contributed by atoms with Gasteiger partial charge in [0.2, 0.25) is 0 Å². The van der Waals surface area contributed by atoms with E-state index < -0.39 is 0 Å². The van der Waals surface area contributed by atoms with Crippen molar-refractivity contribution in [2.45, 2.75) is 6.92 Å². The normalized spacial score (nSPS) is 7.30. The Morgan fingerprint density at radius 2 is 1.90 bits per heavy atom. The van der Waals surface area contributed by atoms with Crippen LogP contribution in [0, 0.1) is 6.92 Å². The van der Waals surface area contributed by atoms with Crippen LogP contribution in [0.5, 0.6) is 5.75 Å². The van der Waals surface area contributed by atoms with Crippen LogP contribution < -0.4 is 22.1 Å². The summed E-state index contributed by atoms with van der Waals surface area (Å²) >= 11 is 0. The van der Waals surface area contributed by atoms with Gasteiger partial charge in [-0.25, -0.2) is 0 Å². The average Bonchev–Trinajstić information content (AvgIpc) is 1.64. The van der Waals surface area contributed by atoms with E-state index in [1.54, 1.807) is 18.2 Å². The van der Waals surface area contributed by atoms with Gasteiger partial charge < -0.3 is 22.1 Å². The molecule has 0 saturated heterocycles. The first-order valence-corrected chi connectivity index (χ1v) is 2.53. The molecule has 0 heterocycles. The molecule has 0 spiro atoms. The van der Waals surface area contributed by atoms with Crippen LogP contribution in [-0.2, 0) is 0 Å². The number of hydrogen-bond acceptors (Lipinski definition) is 1. The van der Waals surface area contributed by atoms with E-state index in [0.717, 1.165) is 5.56 Å². The Balaban J connectivity index is 0. The molecule has 0 fully saturated rings. The standard InChI is InChI=1S/C7H8O.BrH.Mg/c1-6-3-2-4-7(8)5-6;;/h2-5,8H,1H3;1H;/q;;+2/p-2. The van der Waals surface area contributed by atoms with Crippen LogP contribution >= 0.6 is 0 Å². The van der Waals surface area contributed by atoms with Crippen LogP contribution in [0.1, 0.15) is 5.56 Å². The Kier molecular flexibility index (Phi) is 7.75. The first-order chi connectivity index (χ1) is 3.79. The smallest absolute Gasteiger partial charge is 1.00 e. The molecule has 1 rings (SSSR count). The van der Waals surface area contributed by atoms with E-state index in [9.17, 15) is 5.11 Å². The summed E-state index contributed by atoms with van der Waals surface area (Å²) in [6, 6.07) is 6.83. The molecule has 1 aromatic carbocycles. The van der Waals surface area contributed by atoms with Gasteiger partial charge in [-0.15, -0.1) is 5.75 Å². The molecule has 0 radical (unpaired) electrons. The second kappa shape index (κ2) is 6.01. The van der Waals surface area contributed by atoms with Crippen molar-refractivity contribution in [1.82, 2.24) is 0 Å². The van der Waals surface area contributed by atoms with Crippen molar-refractivity contribution >= 4 is 23.1 Å². The topological polar surface area (TPSA) is 23.1 Å². The fourth-order valence-electron chi connectivity index (χ4n) is 0.615. The molecule has 0 unspecified atom stereocenters. The van der Waals surface area contributed by atoms with Gasteiger partial charge in [0, 0.05) is 0 Å². The fourth-order valence-corrected chi connectivity index (χ4v) is 0.615. The number of hydrogen-bond donors (Lipinski definition) is 0. The molecule has 10 heavy (non-hydrogen) atoms.